The molecule has 0 spiro atoms. The molecule has 9 nitrogen and oxygen atoms in total. The maximum Gasteiger partial charge on any atom is 0.275 e. The predicted molar refractivity (Wildman–Crippen MR) is 168 cm³/mol. The van der Waals surface area contributed by atoms with E-state index in [-0.39, 0.29) is 28.7 Å². The normalized spacial score (nSPS) is 16.4. The predicted octanol–water partition coefficient (Wildman–Crippen LogP) is 7.66. The minimum atomic E-state index is -4.49. The van der Waals surface area contributed by atoms with E-state index in [1.165, 1.54) is 85.7 Å². The number of methoxy groups -OCH3 is 1. The van der Waals surface area contributed by atoms with E-state index < -0.39 is 20.7 Å². The second-order valence-electron chi connectivity index (χ2n) is 10.8. The number of amides is 1. The molecular weight excluding hydrogens is 581 g/mol. The minimum Gasteiger partial charge on any atom is -0.497 e. The number of carbonyl (C=O) groups is 1. The van der Waals surface area contributed by atoms with Crippen molar-refractivity contribution in [1.82, 2.24) is 14.9 Å². The molecule has 2 aromatic rings. The number of ether oxygens (including phenoxy) is 1. The number of rotatable bonds is 20. The fraction of sp³-hybridized carbons (Fsp3) is 0.690. The Kier molecular flexibility index (Phi) is 14.2. The van der Waals surface area contributed by atoms with Crippen molar-refractivity contribution < 1.29 is 22.5 Å². The lowest BCUT2D eigenvalue weighted by molar-refractivity contribution is -0.117. The van der Waals surface area contributed by atoms with Gasteiger partial charge in [0.25, 0.3) is 16.0 Å². The third-order valence-corrected chi connectivity index (χ3v) is 10.2. The minimum absolute atomic E-state index is 0.0292. The van der Waals surface area contributed by atoms with Crippen molar-refractivity contribution in [1.29, 1.82) is 0 Å². The van der Waals surface area contributed by atoms with Gasteiger partial charge in [-0.3, -0.25) is 14.4 Å². The molecule has 1 saturated heterocycles. The third kappa shape index (κ3) is 10.1. The zero-order chi connectivity index (χ0) is 29.7. The molecule has 1 aromatic carbocycles. The molecule has 0 bridgehead atoms. The first-order valence-corrected chi connectivity index (χ1v) is 18.0. The van der Waals surface area contributed by atoms with Crippen LogP contribution in [0.4, 0.5) is 0 Å². The summed E-state index contributed by atoms with van der Waals surface area (Å²) in [5.74, 6) is 0.704. The van der Waals surface area contributed by atoms with Crippen LogP contribution in [0.5, 0.6) is 5.75 Å². The van der Waals surface area contributed by atoms with Gasteiger partial charge in [-0.15, -0.1) is 11.8 Å². The van der Waals surface area contributed by atoms with E-state index in [4.69, 9.17) is 17.0 Å². The maximum atomic E-state index is 13.0. The Bertz CT molecular complexity index is 1230. The number of nitrogens with zero attached hydrogens (tertiary/aromatic N) is 3. The van der Waals surface area contributed by atoms with Gasteiger partial charge in [0.15, 0.2) is 5.82 Å². The molecule has 1 aliphatic heterocycles. The summed E-state index contributed by atoms with van der Waals surface area (Å²) in [5.41, 5.74) is 0.839. The van der Waals surface area contributed by atoms with Gasteiger partial charge in [0.1, 0.15) is 16.4 Å². The van der Waals surface area contributed by atoms with E-state index in [9.17, 15) is 17.8 Å². The fourth-order valence-corrected chi connectivity index (χ4v) is 7.54. The first-order chi connectivity index (χ1) is 19.8. The van der Waals surface area contributed by atoms with E-state index in [1.807, 2.05) is 24.3 Å². The second kappa shape index (κ2) is 17.3. The summed E-state index contributed by atoms with van der Waals surface area (Å²) in [4.78, 5) is 13.0. The van der Waals surface area contributed by atoms with Gasteiger partial charge >= 0.3 is 0 Å². The van der Waals surface area contributed by atoms with E-state index in [2.05, 4.69) is 17.1 Å². The average Bonchev–Trinajstić information content (AvgIpc) is 3.51. The first-order valence-electron chi connectivity index (χ1n) is 15.0. The van der Waals surface area contributed by atoms with E-state index in [0.717, 1.165) is 24.8 Å². The van der Waals surface area contributed by atoms with Crippen molar-refractivity contribution in [2.45, 2.75) is 114 Å². The number of nitrogens with one attached hydrogen (secondary N) is 1. The highest BCUT2D eigenvalue weighted by Crippen LogP contribution is 2.39. The van der Waals surface area contributed by atoms with Crippen LogP contribution in [0, 0.1) is 4.77 Å². The fourth-order valence-electron chi connectivity index (χ4n) is 5.30. The van der Waals surface area contributed by atoms with Gasteiger partial charge in [-0.1, -0.05) is 109 Å². The zero-order valence-electron chi connectivity index (χ0n) is 24.4. The number of aromatic nitrogens is 3. The monoisotopic (exact) mass is 626 g/mol. The number of carbonyl (C=O) groups excluding carboxylic acids is 1. The summed E-state index contributed by atoms with van der Waals surface area (Å²) in [7, 11) is -2.91. The number of thioether (sulfide) groups is 1. The third-order valence-electron chi connectivity index (χ3n) is 7.60. The molecule has 230 valence electrons. The smallest absolute Gasteiger partial charge is 0.275 e. The molecule has 3 rings (SSSR count). The van der Waals surface area contributed by atoms with Crippen molar-refractivity contribution in [3.05, 3.63) is 40.4 Å². The Morgan fingerprint density at radius 3 is 2.05 bits per heavy atom. The molecule has 1 aliphatic rings. The number of benzene rings is 1. The Labute approximate surface area is 254 Å². The summed E-state index contributed by atoms with van der Waals surface area (Å²) < 4.78 is 41.9. The molecule has 2 N–H and O–H groups in total. The molecule has 41 heavy (non-hydrogen) atoms. The van der Waals surface area contributed by atoms with Crippen LogP contribution in [-0.2, 0) is 14.9 Å². The quantitative estimate of drug-likeness (QED) is 0.0874. The van der Waals surface area contributed by atoms with Crippen molar-refractivity contribution >= 4 is 40.0 Å². The van der Waals surface area contributed by atoms with E-state index >= 15 is 0 Å². The number of hydrogen-bond acceptors (Lipinski definition) is 7. The standard InChI is InChI=1S/C29H46N4O5S3/c1-3-4-5-6-7-8-9-10-11-12-13-14-15-16-17-25(41(35,36)37)27-30-31-29(39)33(27)32-26(34)22-40-28(32)23-18-20-24(38-2)21-19-23/h18-21,25,28H,3-17,22H2,1-2H3,(H,31,39)(H,35,36,37). The van der Waals surface area contributed by atoms with Gasteiger partial charge in [0.05, 0.1) is 12.9 Å². The summed E-state index contributed by atoms with van der Waals surface area (Å²) >= 11 is 6.85. The van der Waals surface area contributed by atoms with Crippen molar-refractivity contribution in [2.24, 2.45) is 0 Å². The van der Waals surface area contributed by atoms with Gasteiger partial charge in [-0.2, -0.15) is 13.5 Å². The van der Waals surface area contributed by atoms with Crippen LogP contribution in [-0.4, -0.2) is 46.6 Å². The van der Waals surface area contributed by atoms with Crippen molar-refractivity contribution in [3.8, 4) is 5.75 Å². The van der Waals surface area contributed by atoms with E-state index in [1.54, 1.807) is 7.11 Å². The van der Waals surface area contributed by atoms with Crippen LogP contribution in [0.3, 0.4) is 0 Å². The highest BCUT2D eigenvalue weighted by molar-refractivity contribution is 8.00. The molecular formula is C29H46N4O5S3. The van der Waals surface area contributed by atoms with Crippen LogP contribution in [0.1, 0.15) is 125 Å². The number of H-pyrrole nitrogens is 1. The molecule has 0 aliphatic carbocycles. The van der Waals surface area contributed by atoms with Gasteiger partial charge in [0.2, 0.25) is 4.77 Å². The summed E-state index contributed by atoms with van der Waals surface area (Å²) in [6, 6.07) is 7.34. The van der Waals surface area contributed by atoms with Gasteiger partial charge < -0.3 is 4.74 Å². The number of unbranched alkanes of at least 4 members (excludes halogenated alkanes) is 13. The molecule has 1 fully saturated rings. The molecule has 0 radical (unpaired) electrons. The van der Waals surface area contributed by atoms with Crippen LogP contribution >= 0.6 is 24.0 Å². The Morgan fingerprint density at radius 1 is 1.00 bits per heavy atom. The lowest BCUT2D eigenvalue weighted by atomic mass is 10.0. The number of hydrogen-bond donors (Lipinski definition) is 2. The number of aromatic amines is 1. The lowest BCUT2D eigenvalue weighted by Crippen LogP contribution is -2.40. The van der Waals surface area contributed by atoms with Crippen molar-refractivity contribution in [3.63, 3.8) is 0 Å². The lowest BCUT2D eigenvalue weighted by Gasteiger charge is -2.27. The first kappa shape index (κ1) is 33.6. The highest BCUT2D eigenvalue weighted by atomic mass is 32.2. The Hall–Kier alpha value is -1.89. The molecule has 2 unspecified atom stereocenters. The van der Waals surface area contributed by atoms with E-state index in [0.29, 0.717) is 12.2 Å². The molecule has 2 heterocycles. The zero-order valence-corrected chi connectivity index (χ0v) is 26.9. The summed E-state index contributed by atoms with van der Waals surface area (Å²) in [5, 5.41) is 6.55. The maximum absolute atomic E-state index is 13.0. The van der Waals surface area contributed by atoms with Crippen LogP contribution in [0.15, 0.2) is 24.3 Å². The Morgan fingerprint density at radius 2 is 1.54 bits per heavy atom. The van der Waals surface area contributed by atoms with Gasteiger partial charge in [0, 0.05) is 0 Å². The topological polar surface area (TPSA) is 118 Å². The summed E-state index contributed by atoms with van der Waals surface area (Å²) in [6.07, 6.45) is 16.9. The van der Waals surface area contributed by atoms with Crippen LogP contribution < -0.4 is 9.75 Å². The van der Waals surface area contributed by atoms with Crippen molar-refractivity contribution in [2.75, 3.05) is 17.9 Å². The Balaban J connectivity index is 1.54. The molecule has 1 amide bonds. The van der Waals surface area contributed by atoms with Crippen LogP contribution in [0.2, 0.25) is 0 Å². The second-order valence-corrected chi connectivity index (χ2v) is 13.8. The SMILES string of the molecule is CCCCCCCCCCCCCCCCC(c1n[nH]c(=S)n1N1C(=O)CSC1c1ccc(OC)cc1)S(=O)(=O)O. The molecule has 1 aromatic heterocycles. The van der Waals surface area contributed by atoms with Crippen LogP contribution in [0.25, 0.3) is 0 Å². The largest absolute Gasteiger partial charge is 0.497 e. The molecule has 12 heteroatoms. The highest BCUT2D eigenvalue weighted by Gasteiger charge is 2.39. The molecule has 2 atom stereocenters. The van der Waals surface area contributed by atoms with Gasteiger partial charge in [-0.25, -0.2) is 9.69 Å². The summed E-state index contributed by atoms with van der Waals surface area (Å²) in [6.45, 7) is 2.25. The van der Waals surface area contributed by atoms with Gasteiger partial charge in [-0.05, 0) is 36.3 Å². The molecule has 0 saturated carbocycles. The average molecular weight is 627 g/mol.